The van der Waals surface area contributed by atoms with Crippen LogP contribution in [0.15, 0.2) is 4.99 Å². The smallest absolute Gasteiger partial charge is 0.350 e. The molecule has 0 spiro atoms. The maximum Gasteiger partial charge on any atom is 0.350 e. The molecule has 1 atom stereocenters. The van der Waals surface area contributed by atoms with Crippen LogP contribution in [0.5, 0.6) is 0 Å². The molecule has 0 aliphatic carbocycles. The zero-order valence-electron chi connectivity index (χ0n) is 8.07. The first-order chi connectivity index (χ1) is 7.00. The summed E-state index contributed by atoms with van der Waals surface area (Å²) >= 11 is 3.59. The fourth-order valence-corrected chi connectivity index (χ4v) is 2.54. The minimum Gasteiger partial charge on any atom is -0.364 e. The third kappa shape index (κ3) is 2.86. The standard InChI is InChI=1S/C6H11N4O3PS/c1-13-5-9-2-3-10(14(11,12)15)6(9)8-4-7/h2-3,5H2,1H3,(H2,11,12,15). The maximum atomic E-state index is 11.3. The van der Waals surface area contributed by atoms with E-state index in [-0.39, 0.29) is 12.7 Å². The Kier molecular flexibility index (Phi) is 3.99. The van der Waals surface area contributed by atoms with Crippen LogP contribution < -0.4 is 0 Å². The summed E-state index contributed by atoms with van der Waals surface area (Å²) in [6, 6.07) is 0. The largest absolute Gasteiger partial charge is 0.364 e. The van der Waals surface area contributed by atoms with Crippen LogP contribution in [0.4, 0.5) is 0 Å². The zero-order chi connectivity index (χ0) is 11.5. The minimum atomic E-state index is -3.71. The van der Waals surface area contributed by atoms with Gasteiger partial charge in [-0.1, -0.05) is 12.2 Å². The van der Waals surface area contributed by atoms with E-state index in [4.69, 9.17) is 10.00 Å². The van der Waals surface area contributed by atoms with E-state index in [9.17, 15) is 9.46 Å². The second-order valence-corrected chi connectivity index (χ2v) is 5.90. The SMILES string of the molecule is COCN1CCN(P(=O)(O)S)C1=NC#N. The zero-order valence-corrected chi connectivity index (χ0v) is 9.86. The van der Waals surface area contributed by atoms with E-state index in [0.717, 1.165) is 4.67 Å². The lowest BCUT2D eigenvalue weighted by atomic mass is 10.6. The van der Waals surface area contributed by atoms with Gasteiger partial charge in [-0.15, -0.1) is 4.99 Å². The second-order valence-electron chi connectivity index (χ2n) is 2.83. The van der Waals surface area contributed by atoms with Gasteiger partial charge in [0.25, 0.3) is 0 Å². The molecule has 0 aromatic rings. The molecule has 0 saturated carbocycles. The number of hydrogen-bond acceptors (Lipinski definition) is 4. The summed E-state index contributed by atoms with van der Waals surface area (Å²) in [5.41, 5.74) is 0. The minimum absolute atomic E-state index is 0.125. The molecule has 1 saturated heterocycles. The molecule has 1 unspecified atom stereocenters. The second kappa shape index (κ2) is 4.86. The highest BCUT2D eigenvalue weighted by atomic mass is 32.7. The van der Waals surface area contributed by atoms with Crippen LogP contribution in [0.25, 0.3) is 0 Å². The van der Waals surface area contributed by atoms with E-state index in [2.05, 4.69) is 17.2 Å². The number of guanidine groups is 1. The van der Waals surface area contributed by atoms with Crippen molar-refractivity contribution in [3.63, 3.8) is 0 Å². The Morgan fingerprint density at radius 2 is 2.47 bits per heavy atom. The molecular weight excluding hydrogens is 239 g/mol. The van der Waals surface area contributed by atoms with Crippen molar-refractivity contribution < 1.29 is 14.2 Å². The first-order valence-corrected chi connectivity index (χ1v) is 6.81. The van der Waals surface area contributed by atoms with Gasteiger partial charge in [0, 0.05) is 20.2 Å². The number of thiol groups is 1. The molecule has 0 radical (unpaired) electrons. The van der Waals surface area contributed by atoms with E-state index in [1.54, 1.807) is 11.1 Å². The van der Waals surface area contributed by atoms with Gasteiger partial charge >= 0.3 is 6.72 Å². The molecule has 0 bridgehead atoms. The highest BCUT2D eigenvalue weighted by Gasteiger charge is 2.36. The predicted molar refractivity (Wildman–Crippen MR) is 57.1 cm³/mol. The van der Waals surface area contributed by atoms with Gasteiger partial charge in [0.15, 0.2) is 0 Å². The third-order valence-electron chi connectivity index (χ3n) is 1.84. The molecule has 84 valence electrons. The van der Waals surface area contributed by atoms with Gasteiger partial charge < -0.3 is 14.5 Å². The maximum absolute atomic E-state index is 11.3. The van der Waals surface area contributed by atoms with Gasteiger partial charge in [-0.2, -0.15) is 5.26 Å². The van der Waals surface area contributed by atoms with Crippen molar-refractivity contribution in [1.29, 1.82) is 5.26 Å². The summed E-state index contributed by atoms with van der Waals surface area (Å²) in [5.74, 6) is 0.125. The van der Waals surface area contributed by atoms with Gasteiger partial charge in [0.2, 0.25) is 12.2 Å². The summed E-state index contributed by atoms with van der Waals surface area (Å²) in [5, 5.41) is 8.47. The number of nitriles is 1. The Bertz CT molecular complexity index is 349. The van der Waals surface area contributed by atoms with Crippen molar-refractivity contribution in [2.75, 3.05) is 26.9 Å². The Morgan fingerprint density at radius 1 is 1.80 bits per heavy atom. The van der Waals surface area contributed by atoms with Gasteiger partial charge in [0.05, 0.1) is 0 Å². The van der Waals surface area contributed by atoms with Crippen LogP contribution in [-0.2, 0) is 9.30 Å². The quantitative estimate of drug-likeness (QED) is 0.419. The first-order valence-electron chi connectivity index (χ1n) is 4.05. The van der Waals surface area contributed by atoms with Crippen molar-refractivity contribution in [2.24, 2.45) is 4.99 Å². The van der Waals surface area contributed by atoms with Crippen molar-refractivity contribution in [3.8, 4) is 6.19 Å². The lowest BCUT2D eigenvalue weighted by Gasteiger charge is -2.22. The van der Waals surface area contributed by atoms with Gasteiger partial charge in [0.1, 0.15) is 6.73 Å². The summed E-state index contributed by atoms with van der Waals surface area (Å²) in [4.78, 5) is 14.4. The molecule has 1 rings (SSSR count). The van der Waals surface area contributed by atoms with Crippen LogP contribution in [0.3, 0.4) is 0 Å². The Morgan fingerprint density at radius 3 is 2.93 bits per heavy atom. The molecule has 15 heavy (non-hydrogen) atoms. The molecular formula is C6H11N4O3PS. The molecule has 0 amide bonds. The van der Waals surface area contributed by atoms with Crippen LogP contribution in [0.2, 0.25) is 0 Å². The summed E-state index contributed by atoms with van der Waals surface area (Å²) in [6.45, 7) is -2.73. The number of methoxy groups -OCH3 is 1. The molecule has 9 heteroatoms. The van der Waals surface area contributed by atoms with Crippen LogP contribution in [-0.4, -0.2) is 47.4 Å². The van der Waals surface area contributed by atoms with E-state index in [1.807, 2.05) is 0 Å². The lowest BCUT2D eigenvalue weighted by Crippen LogP contribution is -2.32. The Hall–Kier alpha value is -0.740. The molecule has 7 nitrogen and oxygen atoms in total. The topological polar surface area (TPSA) is 89.2 Å². The lowest BCUT2D eigenvalue weighted by molar-refractivity contribution is 0.117. The van der Waals surface area contributed by atoms with Crippen LogP contribution in [0, 0.1) is 11.5 Å². The van der Waals surface area contributed by atoms with Gasteiger partial charge in [-0.05, 0) is 0 Å². The molecule has 1 fully saturated rings. The van der Waals surface area contributed by atoms with Crippen molar-refractivity contribution in [3.05, 3.63) is 0 Å². The van der Waals surface area contributed by atoms with Crippen LogP contribution in [0.1, 0.15) is 0 Å². The number of rotatable bonds is 3. The van der Waals surface area contributed by atoms with E-state index in [0.29, 0.717) is 13.1 Å². The third-order valence-corrected chi connectivity index (χ3v) is 3.50. The average molecular weight is 250 g/mol. The summed E-state index contributed by atoms with van der Waals surface area (Å²) in [7, 11) is 1.49. The predicted octanol–water partition coefficient (Wildman–Crippen LogP) is 0.0752. The Labute approximate surface area is 92.6 Å². The van der Waals surface area contributed by atoms with Gasteiger partial charge in [-0.25, -0.2) is 0 Å². The summed E-state index contributed by atoms with van der Waals surface area (Å²) < 4.78 is 17.3. The highest BCUT2D eigenvalue weighted by molar-refractivity contribution is 8.45. The molecule has 1 N–H and O–H groups in total. The number of ether oxygens (including phenoxy) is 1. The monoisotopic (exact) mass is 250 g/mol. The van der Waals surface area contributed by atoms with E-state index < -0.39 is 6.72 Å². The van der Waals surface area contributed by atoms with E-state index in [1.165, 1.54) is 7.11 Å². The van der Waals surface area contributed by atoms with Crippen molar-refractivity contribution in [2.45, 2.75) is 0 Å². The first kappa shape index (κ1) is 12.3. The Balaban J connectivity index is 2.91. The normalized spacial score (nSPS) is 22.9. The molecule has 0 aromatic heterocycles. The molecule has 1 heterocycles. The van der Waals surface area contributed by atoms with Gasteiger partial charge in [-0.3, -0.25) is 9.24 Å². The molecule has 0 aromatic carbocycles. The average Bonchev–Trinajstić information content (AvgIpc) is 2.49. The van der Waals surface area contributed by atoms with Crippen molar-refractivity contribution >= 4 is 24.9 Å². The number of hydrogen-bond donors (Lipinski definition) is 2. The molecule has 1 aliphatic rings. The molecule has 1 aliphatic heterocycles. The number of nitrogens with zero attached hydrogens (tertiary/aromatic N) is 4. The summed E-state index contributed by atoms with van der Waals surface area (Å²) in [6.07, 6.45) is 1.58. The fourth-order valence-electron chi connectivity index (χ4n) is 1.28. The highest BCUT2D eigenvalue weighted by Crippen LogP contribution is 2.51. The van der Waals surface area contributed by atoms with Crippen molar-refractivity contribution in [1.82, 2.24) is 9.57 Å². The number of aliphatic imine (C=N–C) groups is 1. The van der Waals surface area contributed by atoms with E-state index >= 15 is 0 Å². The van der Waals surface area contributed by atoms with Crippen LogP contribution >= 0.6 is 19.0 Å². The fraction of sp³-hybridized carbons (Fsp3) is 0.667.